The Morgan fingerprint density at radius 3 is 2.62 bits per heavy atom. The molecule has 130 valence electrons. The number of carboxylic acid groups (broad SMARTS) is 1. The number of nitrogens with two attached hydrogens (primary N) is 1. The van der Waals surface area contributed by atoms with Gasteiger partial charge in [-0.15, -0.1) is 0 Å². The number of amides is 2. The van der Waals surface area contributed by atoms with E-state index in [4.69, 9.17) is 5.73 Å². The molecule has 1 heterocycles. The highest BCUT2D eigenvalue weighted by Crippen LogP contribution is 2.23. The molecule has 0 saturated carbocycles. The van der Waals surface area contributed by atoms with E-state index in [9.17, 15) is 24.6 Å². The number of aliphatic hydroxyl groups is 1. The summed E-state index contributed by atoms with van der Waals surface area (Å²) in [5.74, 6) is -2.29. The Morgan fingerprint density at radius 1 is 1.38 bits per heavy atom. The Hall–Kier alpha value is -2.45. The number of aliphatic hydroxyl groups excluding tert-OH is 1. The molecule has 2 amide bonds. The summed E-state index contributed by atoms with van der Waals surface area (Å²) < 4.78 is 0. The minimum absolute atomic E-state index is 0.237. The summed E-state index contributed by atoms with van der Waals surface area (Å²) in [6.45, 7) is 1.18. The first-order valence-electron chi connectivity index (χ1n) is 7.63. The van der Waals surface area contributed by atoms with E-state index in [1.165, 1.54) is 11.8 Å². The summed E-state index contributed by atoms with van der Waals surface area (Å²) >= 11 is 0. The summed E-state index contributed by atoms with van der Waals surface area (Å²) in [7, 11) is 0. The highest BCUT2D eigenvalue weighted by molar-refractivity contribution is 5.97. The summed E-state index contributed by atoms with van der Waals surface area (Å²) in [5, 5.41) is 22.0. The zero-order valence-corrected chi connectivity index (χ0v) is 13.3. The van der Waals surface area contributed by atoms with Crippen LogP contribution in [0.15, 0.2) is 24.3 Å². The van der Waals surface area contributed by atoms with E-state index in [0.717, 1.165) is 5.56 Å². The number of fused-ring (bicyclic) bond motifs is 1. The van der Waals surface area contributed by atoms with E-state index in [2.05, 4.69) is 5.32 Å². The second-order valence-electron chi connectivity index (χ2n) is 5.72. The monoisotopic (exact) mass is 335 g/mol. The van der Waals surface area contributed by atoms with Crippen LogP contribution in [0.3, 0.4) is 0 Å². The average molecular weight is 335 g/mol. The van der Waals surface area contributed by atoms with Crippen molar-refractivity contribution >= 4 is 17.8 Å². The van der Waals surface area contributed by atoms with Gasteiger partial charge in [-0.2, -0.15) is 0 Å². The summed E-state index contributed by atoms with van der Waals surface area (Å²) in [6.07, 6.45) is -0.755. The largest absolute Gasteiger partial charge is 0.480 e. The molecule has 1 aromatic rings. The normalized spacial score (nSPS) is 17.6. The third-order valence-corrected chi connectivity index (χ3v) is 4.09. The number of carboxylic acids is 1. The van der Waals surface area contributed by atoms with Crippen LogP contribution in [0.4, 0.5) is 0 Å². The molecule has 1 aromatic carbocycles. The summed E-state index contributed by atoms with van der Waals surface area (Å²) in [5.41, 5.74) is 6.82. The number of hydrogen-bond donors (Lipinski definition) is 4. The lowest BCUT2D eigenvalue weighted by Crippen LogP contribution is -2.63. The van der Waals surface area contributed by atoms with Crippen LogP contribution in [0, 0.1) is 0 Å². The molecule has 1 aliphatic heterocycles. The van der Waals surface area contributed by atoms with E-state index in [1.807, 2.05) is 12.1 Å². The van der Waals surface area contributed by atoms with Gasteiger partial charge in [0.25, 0.3) is 5.91 Å². The Morgan fingerprint density at radius 2 is 2.04 bits per heavy atom. The van der Waals surface area contributed by atoms with Crippen molar-refractivity contribution in [2.45, 2.75) is 31.5 Å². The molecule has 0 aromatic heterocycles. The average Bonchev–Trinajstić information content (AvgIpc) is 2.55. The maximum absolute atomic E-state index is 12.8. The Kier molecular flexibility index (Phi) is 5.53. The van der Waals surface area contributed by atoms with Gasteiger partial charge in [-0.3, -0.25) is 9.59 Å². The minimum Gasteiger partial charge on any atom is -0.480 e. The van der Waals surface area contributed by atoms with Crippen LogP contribution < -0.4 is 11.1 Å². The molecule has 2 rings (SSSR count). The first kappa shape index (κ1) is 17.9. The van der Waals surface area contributed by atoms with E-state index in [1.54, 1.807) is 12.1 Å². The molecule has 0 bridgehead atoms. The van der Waals surface area contributed by atoms with Gasteiger partial charge in [-0.1, -0.05) is 18.2 Å². The highest BCUT2D eigenvalue weighted by atomic mass is 16.4. The SMILES string of the molecule is CC(=O)NC(C(=O)O)C(C(O)CN)N1CCc2ccccc2C1=O. The molecule has 0 radical (unpaired) electrons. The van der Waals surface area contributed by atoms with Gasteiger partial charge in [-0.05, 0) is 18.1 Å². The molecule has 0 spiro atoms. The number of carbonyl (C=O) groups is 3. The lowest BCUT2D eigenvalue weighted by atomic mass is 9.93. The molecular weight excluding hydrogens is 314 g/mol. The van der Waals surface area contributed by atoms with E-state index >= 15 is 0 Å². The molecule has 24 heavy (non-hydrogen) atoms. The predicted octanol–water partition coefficient (Wildman–Crippen LogP) is -1.04. The molecule has 3 unspecified atom stereocenters. The van der Waals surface area contributed by atoms with Gasteiger partial charge in [-0.25, -0.2) is 4.79 Å². The first-order valence-corrected chi connectivity index (χ1v) is 7.63. The summed E-state index contributed by atoms with van der Waals surface area (Å²) in [4.78, 5) is 37.0. The quantitative estimate of drug-likeness (QED) is 0.525. The van der Waals surface area contributed by atoms with Gasteiger partial charge >= 0.3 is 5.97 Å². The van der Waals surface area contributed by atoms with Crippen molar-refractivity contribution in [1.29, 1.82) is 0 Å². The lowest BCUT2D eigenvalue weighted by molar-refractivity contribution is -0.145. The molecule has 5 N–H and O–H groups in total. The number of nitrogens with zero attached hydrogens (tertiary/aromatic N) is 1. The van der Waals surface area contributed by atoms with Crippen LogP contribution in [-0.2, 0) is 16.0 Å². The lowest BCUT2D eigenvalue weighted by Gasteiger charge is -2.40. The Bertz CT molecular complexity index is 648. The zero-order chi connectivity index (χ0) is 17.9. The van der Waals surface area contributed by atoms with Gasteiger partial charge in [0.1, 0.15) is 6.04 Å². The highest BCUT2D eigenvalue weighted by Gasteiger charge is 2.42. The molecule has 0 saturated heterocycles. The van der Waals surface area contributed by atoms with Crippen LogP contribution >= 0.6 is 0 Å². The van der Waals surface area contributed by atoms with Gasteiger partial charge in [0.15, 0.2) is 0 Å². The van der Waals surface area contributed by atoms with Crippen LogP contribution in [0.5, 0.6) is 0 Å². The predicted molar refractivity (Wildman–Crippen MR) is 85.3 cm³/mol. The third kappa shape index (κ3) is 3.55. The van der Waals surface area contributed by atoms with E-state index in [-0.39, 0.29) is 19.0 Å². The number of benzene rings is 1. The molecular formula is C16H21N3O5. The first-order chi connectivity index (χ1) is 11.4. The second kappa shape index (κ2) is 7.41. The second-order valence-corrected chi connectivity index (χ2v) is 5.72. The third-order valence-electron chi connectivity index (χ3n) is 4.09. The fraction of sp³-hybridized carbons (Fsp3) is 0.438. The fourth-order valence-electron chi connectivity index (χ4n) is 2.99. The number of carbonyl (C=O) groups excluding carboxylic acids is 2. The fourth-order valence-corrected chi connectivity index (χ4v) is 2.99. The van der Waals surface area contributed by atoms with E-state index in [0.29, 0.717) is 12.0 Å². The van der Waals surface area contributed by atoms with Crippen molar-refractivity contribution in [2.75, 3.05) is 13.1 Å². The van der Waals surface area contributed by atoms with Crippen molar-refractivity contribution < 1.29 is 24.6 Å². The number of rotatable bonds is 6. The van der Waals surface area contributed by atoms with Gasteiger partial charge in [0.05, 0.1) is 12.1 Å². The van der Waals surface area contributed by atoms with Crippen molar-refractivity contribution in [1.82, 2.24) is 10.2 Å². The van der Waals surface area contributed by atoms with Crippen LogP contribution in [0.1, 0.15) is 22.8 Å². The molecule has 0 fully saturated rings. The van der Waals surface area contributed by atoms with Crippen LogP contribution in [0.25, 0.3) is 0 Å². The number of nitrogens with one attached hydrogen (secondary N) is 1. The number of aliphatic carboxylic acids is 1. The Labute approximate surface area is 139 Å². The van der Waals surface area contributed by atoms with E-state index < -0.39 is 30.1 Å². The molecule has 8 nitrogen and oxygen atoms in total. The van der Waals surface area contributed by atoms with Crippen molar-refractivity contribution in [3.63, 3.8) is 0 Å². The zero-order valence-electron chi connectivity index (χ0n) is 13.3. The van der Waals surface area contributed by atoms with Gasteiger partial charge < -0.3 is 26.2 Å². The Balaban J connectivity index is 2.40. The maximum atomic E-state index is 12.8. The smallest absolute Gasteiger partial charge is 0.328 e. The van der Waals surface area contributed by atoms with Crippen LogP contribution in [-0.4, -0.2) is 64.2 Å². The van der Waals surface area contributed by atoms with Crippen molar-refractivity contribution in [2.24, 2.45) is 5.73 Å². The molecule has 8 heteroatoms. The molecule has 0 aliphatic carbocycles. The van der Waals surface area contributed by atoms with Gasteiger partial charge in [0, 0.05) is 25.6 Å². The maximum Gasteiger partial charge on any atom is 0.328 e. The summed E-state index contributed by atoms with van der Waals surface area (Å²) in [6, 6.07) is 4.43. The standard InChI is InChI=1S/C16H21N3O5/c1-9(20)18-13(16(23)24)14(12(21)8-17)19-7-6-10-4-2-3-5-11(10)15(19)22/h2-5,12-14,21H,6-8,17H2,1H3,(H,18,20)(H,23,24). The van der Waals surface area contributed by atoms with Gasteiger partial charge in [0.2, 0.25) is 5.91 Å². The molecule has 3 atom stereocenters. The van der Waals surface area contributed by atoms with Crippen molar-refractivity contribution in [3.05, 3.63) is 35.4 Å². The minimum atomic E-state index is -1.45. The molecule has 1 aliphatic rings. The number of hydrogen-bond acceptors (Lipinski definition) is 5. The van der Waals surface area contributed by atoms with Crippen molar-refractivity contribution in [3.8, 4) is 0 Å². The van der Waals surface area contributed by atoms with Crippen LogP contribution in [0.2, 0.25) is 0 Å². The topological polar surface area (TPSA) is 133 Å².